The highest BCUT2D eigenvalue weighted by Crippen LogP contribution is 2.35. The highest BCUT2D eigenvalue weighted by molar-refractivity contribution is 7.85. The number of amides is 2. The van der Waals surface area contributed by atoms with Crippen molar-refractivity contribution >= 4 is 39.3 Å². The van der Waals surface area contributed by atoms with Crippen LogP contribution in [0.1, 0.15) is 39.3 Å². The first-order valence-corrected chi connectivity index (χ1v) is 14.5. The molecule has 0 bridgehead atoms. The molecule has 0 aliphatic carbocycles. The van der Waals surface area contributed by atoms with Crippen molar-refractivity contribution in [1.82, 2.24) is 14.8 Å². The van der Waals surface area contributed by atoms with E-state index in [2.05, 4.69) is 15.2 Å². The minimum absolute atomic E-state index is 0.116. The smallest absolute Gasteiger partial charge is 0.261 e. The molecule has 1 atom stereocenters. The van der Waals surface area contributed by atoms with Gasteiger partial charge >= 0.3 is 0 Å². The number of aromatic amines is 1. The number of rotatable bonds is 5. The summed E-state index contributed by atoms with van der Waals surface area (Å²) in [6, 6.07) is 4.19. The number of aliphatic hydroxyl groups is 1. The Balaban J connectivity index is 0.000000648. The van der Waals surface area contributed by atoms with E-state index in [1.807, 2.05) is 6.92 Å². The van der Waals surface area contributed by atoms with Crippen molar-refractivity contribution in [3.05, 3.63) is 52.1 Å². The van der Waals surface area contributed by atoms with Crippen molar-refractivity contribution in [2.45, 2.75) is 25.9 Å². The van der Waals surface area contributed by atoms with Crippen LogP contribution < -0.4 is 5.32 Å². The quantitative estimate of drug-likeness (QED) is 0.315. The van der Waals surface area contributed by atoms with Crippen LogP contribution in [0.3, 0.4) is 0 Å². The number of H-pyrrole nitrogens is 1. The van der Waals surface area contributed by atoms with Crippen molar-refractivity contribution in [2.24, 2.45) is 0 Å². The van der Waals surface area contributed by atoms with E-state index in [9.17, 15) is 27.5 Å². The molecular formula is C26H33FN4O7S. The van der Waals surface area contributed by atoms with E-state index in [1.54, 1.807) is 17.0 Å². The van der Waals surface area contributed by atoms with Crippen LogP contribution in [-0.2, 0) is 26.1 Å². The summed E-state index contributed by atoms with van der Waals surface area (Å²) in [6.45, 7) is 6.10. The molecule has 2 amide bonds. The van der Waals surface area contributed by atoms with Crippen LogP contribution in [0.25, 0.3) is 11.6 Å². The van der Waals surface area contributed by atoms with Crippen molar-refractivity contribution in [2.75, 3.05) is 57.5 Å². The number of benzene rings is 1. The summed E-state index contributed by atoms with van der Waals surface area (Å²) in [5, 5.41) is 13.4. The standard InChI is InChI=1S/C25H29FN4O4.CH4O3S/c1-15-22(12-19-18-11-16(26)4-5-20(18)28-24(19)32)27-21-3-2-6-30(25(33)23(15)21)14-17(31)13-29-7-9-34-10-8-29;1-5(2,3)4/h4-5,11-12,17,27,31H,2-3,6-10,13-14H2,1H3,(H,28,32);1H3,(H,2,3,4)/b19-12-;/t17-;/m1./s1. The maximum absolute atomic E-state index is 13.8. The van der Waals surface area contributed by atoms with Crippen molar-refractivity contribution in [3.8, 4) is 0 Å². The summed E-state index contributed by atoms with van der Waals surface area (Å²) < 4.78 is 45.0. The number of aryl methyl sites for hydroxylation is 1. The number of hydrogen-bond donors (Lipinski definition) is 4. The monoisotopic (exact) mass is 564 g/mol. The van der Waals surface area contributed by atoms with Gasteiger partial charge in [-0.2, -0.15) is 8.42 Å². The first-order chi connectivity index (χ1) is 18.4. The van der Waals surface area contributed by atoms with Crippen LogP contribution in [0.2, 0.25) is 0 Å². The molecule has 1 saturated heterocycles. The van der Waals surface area contributed by atoms with E-state index in [0.717, 1.165) is 30.8 Å². The Bertz CT molecular complexity index is 1370. The van der Waals surface area contributed by atoms with Gasteiger partial charge < -0.3 is 25.0 Å². The van der Waals surface area contributed by atoms with Crippen molar-refractivity contribution in [1.29, 1.82) is 0 Å². The molecule has 0 unspecified atom stereocenters. The van der Waals surface area contributed by atoms with Gasteiger partial charge in [0.05, 0.1) is 36.7 Å². The molecule has 39 heavy (non-hydrogen) atoms. The SMILES string of the molecule is CS(=O)(=O)O.Cc1c(/C=C2\C(=O)Nc3ccc(F)cc32)[nH]c2c1C(=O)N(C[C@H](O)CN1CCOCC1)CCC2. The molecule has 13 heteroatoms. The number of aromatic nitrogens is 1. The molecule has 4 N–H and O–H groups in total. The molecule has 11 nitrogen and oxygen atoms in total. The summed E-state index contributed by atoms with van der Waals surface area (Å²) >= 11 is 0. The topological polar surface area (TPSA) is 152 Å². The van der Waals surface area contributed by atoms with Gasteiger partial charge in [-0.25, -0.2) is 4.39 Å². The Morgan fingerprint density at radius 3 is 2.56 bits per heavy atom. The third-order valence-electron chi connectivity index (χ3n) is 6.78. The Morgan fingerprint density at radius 2 is 1.87 bits per heavy atom. The summed E-state index contributed by atoms with van der Waals surface area (Å²) in [7, 11) is -3.67. The predicted octanol–water partition coefficient (Wildman–Crippen LogP) is 1.54. The molecule has 3 aliphatic heterocycles. The second-order valence-corrected chi connectivity index (χ2v) is 11.3. The number of carbonyl (C=O) groups excluding carboxylic acids is 2. The first-order valence-electron chi connectivity index (χ1n) is 12.6. The Labute approximate surface area is 226 Å². The van der Waals surface area contributed by atoms with Crippen molar-refractivity contribution < 1.29 is 36.8 Å². The van der Waals surface area contributed by atoms with E-state index < -0.39 is 22.0 Å². The average Bonchev–Trinajstić information content (AvgIpc) is 3.27. The number of fused-ring (bicyclic) bond motifs is 2. The van der Waals surface area contributed by atoms with Crippen LogP contribution in [0.5, 0.6) is 0 Å². The lowest BCUT2D eigenvalue weighted by atomic mass is 10.0. The number of carbonyl (C=O) groups is 2. The zero-order valence-electron chi connectivity index (χ0n) is 21.9. The molecular weight excluding hydrogens is 531 g/mol. The molecule has 2 aromatic rings. The molecule has 3 aliphatic rings. The third-order valence-corrected chi connectivity index (χ3v) is 6.78. The van der Waals surface area contributed by atoms with Gasteiger partial charge in [0.25, 0.3) is 21.9 Å². The highest BCUT2D eigenvalue weighted by atomic mass is 32.2. The number of aliphatic hydroxyl groups excluding tert-OH is 1. The molecule has 1 fully saturated rings. The number of halogens is 1. The fourth-order valence-corrected chi connectivity index (χ4v) is 5.02. The lowest BCUT2D eigenvalue weighted by Gasteiger charge is -2.31. The molecule has 1 aromatic heterocycles. The largest absolute Gasteiger partial charge is 0.390 e. The van der Waals surface area contributed by atoms with Gasteiger partial charge in [0, 0.05) is 55.4 Å². The van der Waals surface area contributed by atoms with Gasteiger partial charge in [-0.1, -0.05) is 0 Å². The summed E-state index contributed by atoms with van der Waals surface area (Å²) in [5.74, 6) is -0.833. The fourth-order valence-electron chi connectivity index (χ4n) is 5.02. The molecule has 1 aromatic carbocycles. The molecule has 212 valence electrons. The van der Waals surface area contributed by atoms with Gasteiger partial charge in [-0.3, -0.25) is 19.0 Å². The van der Waals surface area contributed by atoms with Crippen LogP contribution in [-0.4, -0.2) is 103 Å². The van der Waals surface area contributed by atoms with E-state index in [1.165, 1.54) is 12.1 Å². The van der Waals surface area contributed by atoms with Gasteiger partial charge in [-0.05, 0) is 49.6 Å². The Kier molecular flexibility index (Phi) is 8.86. The van der Waals surface area contributed by atoms with Gasteiger partial charge in [-0.15, -0.1) is 0 Å². The number of hydrogen-bond acceptors (Lipinski definition) is 7. The average molecular weight is 565 g/mol. The number of β-amino-alcohol motifs (C(OH)–C–C–N with tert-alkyl or cyclic N) is 1. The zero-order chi connectivity index (χ0) is 28.3. The van der Waals surface area contributed by atoms with E-state index in [4.69, 9.17) is 9.29 Å². The highest BCUT2D eigenvalue weighted by Gasteiger charge is 2.30. The zero-order valence-corrected chi connectivity index (χ0v) is 22.7. The first kappa shape index (κ1) is 28.9. The van der Waals surface area contributed by atoms with E-state index >= 15 is 0 Å². The third kappa shape index (κ3) is 7.31. The van der Waals surface area contributed by atoms with Gasteiger partial charge in [0.1, 0.15) is 5.82 Å². The number of nitrogens with one attached hydrogen (secondary N) is 2. The Hall–Kier alpha value is -3.10. The molecule has 4 heterocycles. The lowest BCUT2D eigenvalue weighted by Crippen LogP contribution is -2.46. The minimum atomic E-state index is -3.67. The molecule has 5 rings (SSSR count). The summed E-state index contributed by atoms with van der Waals surface area (Å²) in [4.78, 5) is 33.2. The second kappa shape index (κ2) is 12.0. The molecule has 0 radical (unpaired) electrons. The van der Waals surface area contributed by atoms with Crippen molar-refractivity contribution in [3.63, 3.8) is 0 Å². The minimum Gasteiger partial charge on any atom is -0.390 e. The second-order valence-electron chi connectivity index (χ2n) is 9.87. The molecule has 0 spiro atoms. The van der Waals surface area contributed by atoms with Gasteiger partial charge in [0.15, 0.2) is 0 Å². The summed E-state index contributed by atoms with van der Waals surface area (Å²) in [6.07, 6.45) is 3.23. The lowest BCUT2D eigenvalue weighted by molar-refractivity contribution is -0.110. The van der Waals surface area contributed by atoms with Gasteiger partial charge in [0.2, 0.25) is 0 Å². The number of morpholine rings is 1. The summed E-state index contributed by atoms with van der Waals surface area (Å²) in [5.41, 5.74) is 4.28. The van der Waals surface area contributed by atoms with Crippen LogP contribution in [0.15, 0.2) is 18.2 Å². The van der Waals surface area contributed by atoms with E-state index in [0.29, 0.717) is 67.1 Å². The normalized spacial score (nSPS) is 19.6. The molecule has 0 saturated carbocycles. The Morgan fingerprint density at radius 1 is 1.18 bits per heavy atom. The number of anilines is 1. The van der Waals surface area contributed by atoms with Crippen LogP contribution >= 0.6 is 0 Å². The fraction of sp³-hybridized carbons (Fsp3) is 0.462. The maximum Gasteiger partial charge on any atom is 0.261 e. The van der Waals surface area contributed by atoms with E-state index in [-0.39, 0.29) is 18.4 Å². The number of ether oxygens (including phenoxy) is 1. The van der Waals surface area contributed by atoms with Crippen LogP contribution in [0, 0.1) is 12.7 Å². The maximum atomic E-state index is 13.8. The predicted molar refractivity (Wildman–Crippen MR) is 143 cm³/mol. The van der Waals surface area contributed by atoms with Crippen LogP contribution in [0.4, 0.5) is 10.1 Å². The number of nitrogens with zero attached hydrogens (tertiary/aromatic N) is 2.